The fourth-order valence-electron chi connectivity index (χ4n) is 2.66. The van der Waals surface area contributed by atoms with Crippen molar-refractivity contribution < 1.29 is 17.6 Å². The molecule has 1 aliphatic rings. The van der Waals surface area contributed by atoms with Gasteiger partial charge in [0.05, 0.1) is 0 Å². The van der Waals surface area contributed by atoms with Crippen LogP contribution in [0.15, 0.2) is 23.1 Å². The zero-order valence-electron chi connectivity index (χ0n) is 11.9. The second-order valence-corrected chi connectivity index (χ2v) is 7.42. The number of benzene rings is 1. The van der Waals surface area contributed by atoms with Crippen LogP contribution in [0.5, 0.6) is 0 Å². The lowest BCUT2D eigenvalue weighted by atomic mass is 9.89. The van der Waals surface area contributed by atoms with Crippen LogP contribution in [0.1, 0.15) is 43.0 Å². The number of halogens is 1. The summed E-state index contributed by atoms with van der Waals surface area (Å²) < 4.78 is 35.9. The molecule has 0 aromatic heterocycles. The van der Waals surface area contributed by atoms with Gasteiger partial charge in [-0.05, 0) is 36.5 Å². The van der Waals surface area contributed by atoms with E-state index in [4.69, 9.17) is 5.14 Å². The molecule has 116 valence electrons. The highest BCUT2D eigenvalue weighted by atomic mass is 32.2. The summed E-state index contributed by atoms with van der Waals surface area (Å²) in [5, 5.41) is 7.70. The van der Waals surface area contributed by atoms with E-state index in [9.17, 15) is 17.6 Å². The maximum atomic E-state index is 13.4. The molecular weight excluding hydrogens is 295 g/mol. The molecule has 0 bridgehead atoms. The third-order valence-corrected chi connectivity index (χ3v) is 4.91. The van der Waals surface area contributed by atoms with Crippen LogP contribution in [0.3, 0.4) is 0 Å². The van der Waals surface area contributed by atoms with Gasteiger partial charge in [-0.2, -0.15) is 0 Å². The van der Waals surface area contributed by atoms with Gasteiger partial charge in [-0.15, -0.1) is 0 Å². The van der Waals surface area contributed by atoms with E-state index in [1.54, 1.807) is 0 Å². The quantitative estimate of drug-likeness (QED) is 0.888. The number of rotatable bonds is 4. The van der Waals surface area contributed by atoms with Crippen molar-refractivity contribution in [3.8, 4) is 0 Å². The van der Waals surface area contributed by atoms with Gasteiger partial charge in [0.1, 0.15) is 10.7 Å². The monoisotopic (exact) mass is 314 g/mol. The molecule has 2 rings (SSSR count). The molecule has 0 saturated heterocycles. The highest BCUT2D eigenvalue weighted by molar-refractivity contribution is 7.89. The van der Waals surface area contributed by atoms with Crippen molar-refractivity contribution in [3.63, 3.8) is 0 Å². The van der Waals surface area contributed by atoms with Crippen LogP contribution in [0.2, 0.25) is 0 Å². The first-order valence-corrected chi connectivity index (χ1v) is 8.36. The molecule has 0 unspecified atom stereocenters. The van der Waals surface area contributed by atoms with E-state index in [1.807, 2.05) is 0 Å². The van der Waals surface area contributed by atoms with Crippen molar-refractivity contribution in [1.82, 2.24) is 5.32 Å². The SMILES string of the molecule is CC1(CNC(=O)c2ccc(F)c(S(N)(=O)=O)c2)CCCC1. The fraction of sp³-hybridized carbons (Fsp3) is 0.500. The van der Waals surface area contributed by atoms with Gasteiger partial charge in [-0.3, -0.25) is 4.79 Å². The Morgan fingerprint density at radius 2 is 2.00 bits per heavy atom. The van der Waals surface area contributed by atoms with Crippen molar-refractivity contribution in [2.45, 2.75) is 37.5 Å². The number of nitrogens with two attached hydrogens (primary N) is 1. The van der Waals surface area contributed by atoms with Crippen LogP contribution in [0, 0.1) is 11.2 Å². The number of carbonyl (C=O) groups excluding carboxylic acids is 1. The van der Waals surface area contributed by atoms with E-state index in [0.717, 1.165) is 37.8 Å². The smallest absolute Gasteiger partial charge is 0.251 e. The molecule has 0 aliphatic heterocycles. The van der Waals surface area contributed by atoms with E-state index in [2.05, 4.69) is 12.2 Å². The summed E-state index contributed by atoms with van der Waals surface area (Å²) in [6.45, 7) is 2.63. The third kappa shape index (κ3) is 3.79. The molecule has 1 aromatic carbocycles. The van der Waals surface area contributed by atoms with Crippen LogP contribution in [-0.2, 0) is 10.0 Å². The predicted molar refractivity (Wildman–Crippen MR) is 76.7 cm³/mol. The number of amides is 1. The van der Waals surface area contributed by atoms with Crippen molar-refractivity contribution in [1.29, 1.82) is 0 Å². The molecule has 5 nitrogen and oxygen atoms in total. The fourth-order valence-corrected chi connectivity index (χ4v) is 3.29. The van der Waals surface area contributed by atoms with Crippen molar-refractivity contribution >= 4 is 15.9 Å². The van der Waals surface area contributed by atoms with Gasteiger partial charge >= 0.3 is 0 Å². The Balaban J connectivity index is 2.13. The summed E-state index contributed by atoms with van der Waals surface area (Å²) in [7, 11) is -4.19. The summed E-state index contributed by atoms with van der Waals surface area (Å²) in [6.07, 6.45) is 4.41. The van der Waals surface area contributed by atoms with Crippen molar-refractivity contribution in [2.24, 2.45) is 10.6 Å². The molecule has 1 fully saturated rings. The predicted octanol–water partition coefficient (Wildman–Crippen LogP) is 1.78. The van der Waals surface area contributed by atoms with Gasteiger partial charge in [-0.25, -0.2) is 17.9 Å². The molecule has 1 aliphatic carbocycles. The van der Waals surface area contributed by atoms with E-state index in [1.165, 1.54) is 6.07 Å². The van der Waals surface area contributed by atoms with E-state index >= 15 is 0 Å². The second-order valence-electron chi connectivity index (χ2n) is 5.89. The summed E-state index contributed by atoms with van der Waals surface area (Å²) >= 11 is 0. The molecule has 1 saturated carbocycles. The van der Waals surface area contributed by atoms with E-state index in [-0.39, 0.29) is 11.0 Å². The molecule has 0 radical (unpaired) electrons. The normalized spacial score (nSPS) is 17.7. The van der Waals surface area contributed by atoms with Gasteiger partial charge in [-0.1, -0.05) is 19.8 Å². The number of hydrogen-bond donors (Lipinski definition) is 2. The number of sulfonamides is 1. The number of primary sulfonamides is 1. The average molecular weight is 314 g/mol. The zero-order valence-corrected chi connectivity index (χ0v) is 12.7. The molecule has 3 N–H and O–H groups in total. The summed E-state index contributed by atoms with van der Waals surface area (Å²) in [5.74, 6) is -1.38. The summed E-state index contributed by atoms with van der Waals surface area (Å²) in [6, 6.07) is 3.15. The zero-order chi connectivity index (χ0) is 15.7. The van der Waals surface area contributed by atoms with Gasteiger partial charge in [0.25, 0.3) is 5.91 Å². The van der Waals surface area contributed by atoms with Crippen LogP contribution in [0.25, 0.3) is 0 Å². The van der Waals surface area contributed by atoms with Crippen LogP contribution in [0.4, 0.5) is 4.39 Å². The first kappa shape index (κ1) is 15.9. The minimum atomic E-state index is -4.19. The lowest BCUT2D eigenvalue weighted by Gasteiger charge is -2.23. The topological polar surface area (TPSA) is 89.3 Å². The van der Waals surface area contributed by atoms with E-state index in [0.29, 0.717) is 6.54 Å². The number of nitrogens with one attached hydrogen (secondary N) is 1. The molecule has 0 atom stereocenters. The van der Waals surface area contributed by atoms with Crippen LogP contribution < -0.4 is 10.5 Å². The Bertz CT molecular complexity index is 652. The van der Waals surface area contributed by atoms with Gasteiger partial charge in [0, 0.05) is 12.1 Å². The summed E-state index contributed by atoms with van der Waals surface area (Å²) in [5.41, 5.74) is 0.167. The molecule has 0 heterocycles. The maximum absolute atomic E-state index is 13.4. The van der Waals surface area contributed by atoms with Crippen molar-refractivity contribution in [3.05, 3.63) is 29.6 Å². The first-order valence-electron chi connectivity index (χ1n) is 6.82. The standard InChI is InChI=1S/C14H19FN2O3S/c1-14(6-2-3-7-14)9-17-13(18)10-4-5-11(15)12(8-10)21(16,19)20/h4-5,8H,2-3,6-7,9H2,1H3,(H,17,18)(H2,16,19,20). The van der Waals surface area contributed by atoms with Crippen LogP contribution in [-0.4, -0.2) is 20.9 Å². The minimum Gasteiger partial charge on any atom is -0.351 e. The van der Waals surface area contributed by atoms with Gasteiger partial charge in [0.15, 0.2) is 0 Å². The highest BCUT2D eigenvalue weighted by Gasteiger charge is 2.29. The Kier molecular flexibility index (Phi) is 4.34. The van der Waals surface area contributed by atoms with Gasteiger partial charge in [0.2, 0.25) is 10.0 Å². The van der Waals surface area contributed by atoms with Crippen molar-refractivity contribution in [2.75, 3.05) is 6.54 Å². The first-order chi connectivity index (χ1) is 9.71. The molecule has 1 amide bonds. The second kappa shape index (κ2) is 5.73. The average Bonchev–Trinajstić information content (AvgIpc) is 2.83. The van der Waals surface area contributed by atoms with Gasteiger partial charge < -0.3 is 5.32 Å². The van der Waals surface area contributed by atoms with E-state index < -0.39 is 26.6 Å². The number of hydrogen-bond acceptors (Lipinski definition) is 3. The Hall–Kier alpha value is -1.47. The Morgan fingerprint density at radius 1 is 1.38 bits per heavy atom. The molecule has 0 spiro atoms. The Morgan fingerprint density at radius 3 is 2.57 bits per heavy atom. The molecule has 7 heteroatoms. The summed E-state index contributed by atoms with van der Waals surface area (Å²) in [4.78, 5) is 11.4. The maximum Gasteiger partial charge on any atom is 0.251 e. The largest absolute Gasteiger partial charge is 0.351 e. The lowest BCUT2D eigenvalue weighted by molar-refractivity contribution is 0.0934. The minimum absolute atomic E-state index is 0.0818. The van der Waals surface area contributed by atoms with Crippen LogP contribution >= 0.6 is 0 Å². The lowest BCUT2D eigenvalue weighted by Crippen LogP contribution is -2.34. The molecule has 21 heavy (non-hydrogen) atoms. The molecular formula is C14H19FN2O3S. The Labute approximate surface area is 123 Å². The highest BCUT2D eigenvalue weighted by Crippen LogP contribution is 2.36. The number of carbonyl (C=O) groups is 1. The third-order valence-electron chi connectivity index (χ3n) is 3.99. The molecule has 1 aromatic rings.